The zero-order chi connectivity index (χ0) is 30.4. The molecule has 224 valence electrons. The minimum Gasteiger partial charge on any atom is -0.508 e. The number of carboxylic acid groups (broad SMARTS) is 1. The number of nitrogens with two attached hydrogens (primary N) is 3. The molecule has 1 heterocycles. The van der Waals surface area contributed by atoms with Crippen LogP contribution in [0.2, 0.25) is 0 Å². The van der Waals surface area contributed by atoms with Gasteiger partial charge in [0.25, 0.3) is 0 Å². The number of unbranched alkanes of at least 4 members (excludes halogenated alkanes) is 1. The molecule has 12 N–H and O–H groups in total. The van der Waals surface area contributed by atoms with Crippen LogP contribution >= 0.6 is 0 Å². The summed E-state index contributed by atoms with van der Waals surface area (Å²) in [5.41, 5.74) is 17.6. The normalized spacial score (nSPS) is 13.8. The third-order valence-corrected chi connectivity index (χ3v) is 6.22. The first kappa shape index (κ1) is 32.7. The van der Waals surface area contributed by atoms with Crippen LogP contribution in [0.1, 0.15) is 43.4 Å². The number of carbonyl (C=O) groups excluding carboxylic acids is 4. The number of nitrogens with one attached hydrogen (secondary N) is 4. The number of aromatic nitrogens is 2. The summed E-state index contributed by atoms with van der Waals surface area (Å²) < 4.78 is 0. The van der Waals surface area contributed by atoms with Gasteiger partial charge in [0.1, 0.15) is 23.9 Å². The van der Waals surface area contributed by atoms with Crippen molar-refractivity contribution in [2.75, 3.05) is 6.54 Å². The number of benzene rings is 1. The summed E-state index contributed by atoms with van der Waals surface area (Å²) in [6.07, 6.45) is 3.80. The van der Waals surface area contributed by atoms with Crippen LogP contribution in [0, 0.1) is 0 Å². The number of H-pyrrole nitrogens is 1. The van der Waals surface area contributed by atoms with Gasteiger partial charge in [-0.25, -0.2) is 9.78 Å². The fourth-order valence-corrected chi connectivity index (χ4v) is 3.91. The zero-order valence-electron chi connectivity index (χ0n) is 22.5. The number of amides is 4. The van der Waals surface area contributed by atoms with Crippen LogP contribution in [0.15, 0.2) is 36.8 Å². The van der Waals surface area contributed by atoms with Gasteiger partial charge in [-0.1, -0.05) is 12.1 Å². The largest absolute Gasteiger partial charge is 0.508 e. The van der Waals surface area contributed by atoms with Gasteiger partial charge in [0, 0.05) is 31.2 Å². The van der Waals surface area contributed by atoms with Crippen LogP contribution < -0.4 is 33.2 Å². The Morgan fingerprint density at radius 3 is 2.10 bits per heavy atom. The van der Waals surface area contributed by atoms with E-state index in [4.69, 9.17) is 17.2 Å². The predicted octanol–water partition coefficient (Wildman–Crippen LogP) is -1.84. The number of nitrogens with zero attached hydrogens (tertiary/aromatic N) is 1. The topological polar surface area (TPSA) is 269 Å². The lowest BCUT2D eigenvalue weighted by Crippen LogP contribution is -2.57. The van der Waals surface area contributed by atoms with E-state index in [1.807, 2.05) is 0 Å². The van der Waals surface area contributed by atoms with Crippen LogP contribution in [0.4, 0.5) is 0 Å². The number of aliphatic carboxylic acids is 1. The Hall–Kier alpha value is -4.50. The molecule has 1 aromatic carbocycles. The van der Waals surface area contributed by atoms with E-state index in [9.17, 15) is 34.2 Å². The summed E-state index contributed by atoms with van der Waals surface area (Å²) in [6.45, 7) is 0.350. The van der Waals surface area contributed by atoms with Gasteiger partial charge >= 0.3 is 5.97 Å². The lowest BCUT2D eigenvalue weighted by molar-refractivity contribution is -0.142. The predicted molar refractivity (Wildman–Crippen MR) is 147 cm³/mol. The number of phenolic OH excluding ortho intramolecular Hbond substituents is 1. The molecule has 15 nitrogen and oxygen atoms in total. The highest BCUT2D eigenvalue weighted by atomic mass is 16.4. The van der Waals surface area contributed by atoms with Crippen molar-refractivity contribution >= 4 is 29.6 Å². The highest BCUT2D eigenvalue weighted by Gasteiger charge is 2.30. The molecule has 0 saturated heterocycles. The van der Waals surface area contributed by atoms with Crippen molar-refractivity contribution in [3.63, 3.8) is 0 Å². The van der Waals surface area contributed by atoms with Crippen LogP contribution in [-0.4, -0.2) is 80.5 Å². The zero-order valence-corrected chi connectivity index (χ0v) is 22.5. The Kier molecular flexibility index (Phi) is 13.2. The molecule has 2 aromatic rings. The Balaban J connectivity index is 2.18. The molecule has 1 aromatic heterocycles. The van der Waals surface area contributed by atoms with E-state index in [1.54, 1.807) is 0 Å². The van der Waals surface area contributed by atoms with Crippen molar-refractivity contribution in [3.05, 3.63) is 48.0 Å². The summed E-state index contributed by atoms with van der Waals surface area (Å²) in [5.74, 6) is -4.04. The van der Waals surface area contributed by atoms with Gasteiger partial charge in [-0.15, -0.1) is 0 Å². The van der Waals surface area contributed by atoms with Crippen molar-refractivity contribution < 1.29 is 34.2 Å². The van der Waals surface area contributed by atoms with Crippen molar-refractivity contribution in [1.29, 1.82) is 0 Å². The average Bonchev–Trinajstić information content (AvgIpc) is 3.44. The van der Waals surface area contributed by atoms with Crippen molar-refractivity contribution in [2.24, 2.45) is 17.2 Å². The van der Waals surface area contributed by atoms with Gasteiger partial charge in [-0.2, -0.15) is 0 Å². The number of aromatic hydroxyl groups is 1. The van der Waals surface area contributed by atoms with Gasteiger partial charge < -0.3 is 48.3 Å². The summed E-state index contributed by atoms with van der Waals surface area (Å²) in [5, 5.41) is 26.8. The molecule has 0 spiro atoms. The molecule has 41 heavy (non-hydrogen) atoms. The molecule has 0 aliphatic carbocycles. The molecule has 4 atom stereocenters. The average molecular weight is 575 g/mol. The number of primary amides is 1. The maximum absolute atomic E-state index is 13.4. The third kappa shape index (κ3) is 11.6. The number of imidazole rings is 1. The summed E-state index contributed by atoms with van der Waals surface area (Å²) in [6, 6.07) is 1.13. The first-order valence-electron chi connectivity index (χ1n) is 13.1. The van der Waals surface area contributed by atoms with E-state index in [0.29, 0.717) is 30.6 Å². The SMILES string of the molecule is NCCCCC(NC(=O)C(Cc1cnc[nH]1)NC(=O)C(N)CCC(N)=O)C(=O)NC(Cc1ccc(O)cc1)C(=O)O. The van der Waals surface area contributed by atoms with E-state index in [2.05, 4.69) is 25.9 Å². The number of phenols is 1. The van der Waals surface area contributed by atoms with Crippen LogP contribution in [0.25, 0.3) is 0 Å². The van der Waals surface area contributed by atoms with Crippen LogP contribution in [0.3, 0.4) is 0 Å². The molecule has 15 heteroatoms. The van der Waals surface area contributed by atoms with E-state index in [-0.39, 0.29) is 37.9 Å². The lowest BCUT2D eigenvalue weighted by Gasteiger charge is -2.25. The van der Waals surface area contributed by atoms with E-state index < -0.39 is 53.8 Å². The smallest absolute Gasteiger partial charge is 0.326 e. The van der Waals surface area contributed by atoms with Crippen LogP contribution in [-0.2, 0) is 36.8 Å². The summed E-state index contributed by atoms with van der Waals surface area (Å²) in [4.78, 5) is 69.0. The first-order chi connectivity index (χ1) is 19.5. The fraction of sp³-hybridized carbons (Fsp3) is 0.462. The Morgan fingerprint density at radius 1 is 0.878 bits per heavy atom. The second-order valence-corrected chi connectivity index (χ2v) is 9.57. The molecule has 0 fully saturated rings. The van der Waals surface area contributed by atoms with Crippen LogP contribution in [0.5, 0.6) is 5.75 Å². The highest BCUT2D eigenvalue weighted by molar-refractivity contribution is 5.94. The minimum atomic E-state index is -1.32. The third-order valence-electron chi connectivity index (χ3n) is 6.22. The van der Waals surface area contributed by atoms with Gasteiger partial charge in [-0.05, 0) is 49.9 Å². The van der Waals surface area contributed by atoms with Crippen molar-refractivity contribution in [1.82, 2.24) is 25.9 Å². The molecule has 4 amide bonds. The molecule has 0 saturated carbocycles. The second kappa shape index (κ2) is 16.6. The molecule has 0 bridgehead atoms. The Morgan fingerprint density at radius 2 is 1.51 bits per heavy atom. The number of aromatic amines is 1. The fourth-order valence-electron chi connectivity index (χ4n) is 3.91. The standard InChI is InChI=1S/C26H38N8O7/c27-10-2-1-3-19(24(38)34-21(26(40)41)11-15-4-6-17(35)7-5-15)32-25(39)20(12-16-13-30-14-31-16)33-23(37)18(28)8-9-22(29)36/h4-7,13-14,18-21,35H,1-3,8-12,27-28H2,(H2,29,36)(H,30,31)(H,32,39)(H,33,37)(H,34,38)(H,40,41). The van der Waals surface area contributed by atoms with Gasteiger partial charge in [0.2, 0.25) is 23.6 Å². The molecule has 2 rings (SSSR count). The molecule has 0 radical (unpaired) electrons. The number of carbonyl (C=O) groups is 5. The number of hydrogen-bond acceptors (Lipinski definition) is 9. The quantitative estimate of drug-likeness (QED) is 0.0897. The van der Waals surface area contributed by atoms with Crippen molar-refractivity contribution in [2.45, 2.75) is 69.1 Å². The molecular weight excluding hydrogens is 536 g/mol. The lowest BCUT2D eigenvalue weighted by atomic mass is 10.0. The number of carboxylic acids is 1. The Labute approximate surface area is 236 Å². The molecular formula is C26H38N8O7. The van der Waals surface area contributed by atoms with E-state index in [1.165, 1.54) is 36.8 Å². The van der Waals surface area contributed by atoms with E-state index in [0.717, 1.165) is 0 Å². The second-order valence-electron chi connectivity index (χ2n) is 9.57. The maximum Gasteiger partial charge on any atom is 0.326 e. The molecule has 0 aliphatic rings. The molecule has 4 unspecified atom stereocenters. The van der Waals surface area contributed by atoms with Gasteiger partial charge in [0.15, 0.2) is 0 Å². The number of hydrogen-bond donors (Lipinski definition) is 9. The summed E-state index contributed by atoms with van der Waals surface area (Å²) in [7, 11) is 0. The van der Waals surface area contributed by atoms with Gasteiger partial charge in [-0.3, -0.25) is 19.2 Å². The van der Waals surface area contributed by atoms with Crippen molar-refractivity contribution in [3.8, 4) is 5.75 Å². The monoisotopic (exact) mass is 574 g/mol. The minimum absolute atomic E-state index is 0.0120. The number of rotatable bonds is 18. The van der Waals surface area contributed by atoms with Gasteiger partial charge in [0.05, 0.1) is 12.4 Å². The molecule has 0 aliphatic heterocycles. The maximum atomic E-state index is 13.4. The highest BCUT2D eigenvalue weighted by Crippen LogP contribution is 2.12. The first-order valence-corrected chi connectivity index (χ1v) is 13.1. The summed E-state index contributed by atoms with van der Waals surface area (Å²) >= 11 is 0. The Bertz CT molecular complexity index is 1160. The van der Waals surface area contributed by atoms with E-state index >= 15 is 0 Å².